The standard InChI is InChI=1S/C19H23N3O2.C2H2O4/c1-16-4-2-5-17(12-16)14-20-8-10-21(11-9-20)15-18-6-3-7-19(13-18)22(23)24;3-1(4)2(5)6/h2-7,12-13H,8-11,14-15H2,1H3;(H,3,4)(H,5,6). The second-order valence-electron chi connectivity index (χ2n) is 7.08. The Morgan fingerprint density at radius 3 is 1.80 bits per heavy atom. The van der Waals surface area contributed by atoms with Gasteiger partial charge in [-0.05, 0) is 18.1 Å². The minimum Gasteiger partial charge on any atom is -0.473 e. The van der Waals surface area contributed by atoms with Crippen LogP contribution in [0.1, 0.15) is 16.7 Å². The predicted molar refractivity (Wildman–Crippen MR) is 110 cm³/mol. The summed E-state index contributed by atoms with van der Waals surface area (Å²) in [5.41, 5.74) is 3.85. The molecule has 2 N–H and O–H groups in total. The zero-order chi connectivity index (χ0) is 22.1. The molecule has 30 heavy (non-hydrogen) atoms. The molecule has 1 fully saturated rings. The molecule has 0 aliphatic carbocycles. The van der Waals surface area contributed by atoms with Gasteiger partial charge in [0.15, 0.2) is 0 Å². The van der Waals surface area contributed by atoms with Crippen molar-refractivity contribution < 1.29 is 24.7 Å². The fraction of sp³-hybridized carbons (Fsp3) is 0.333. The molecule has 9 nitrogen and oxygen atoms in total. The summed E-state index contributed by atoms with van der Waals surface area (Å²) >= 11 is 0. The first kappa shape index (κ1) is 23.0. The number of carboxylic acid groups (broad SMARTS) is 2. The van der Waals surface area contributed by atoms with Crippen molar-refractivity contribution in [2.45, 2.75) is 20.0 Å². The molecule has 2 aromatic rings. The van der Waals surface area contributed by atoms with Gasteiger partial charge < -0.3 is 10.2 Å². The summed E-state index contributed by atoms with van der Waals surface area (Å²) in [7, 11) is 0. The van der Waals surface area contributed by atoms with E-state index in [1.54, 1.807) is 18.2 Å². The zero-order valence-electron chi connectivity index (χ0n) is 16.7. The number of aliphatic carboxylic acids is 2. The van der Waals surface area contributed by atoms with Crippen molar-refractivity contribution in [2.75, 3.05) is 26.2 Å². The van der Waals surface area contributed by atoms with Gasteiger partial charge in [0.1, 0.15) is 0 Å². The van der Waals surface area contributed by atoms with E-state index >= 15 is 0 Å². The molecule has 0 bridgehead atoms. The molecular weight excluding hydrogens is 390 g/mol. The molecule has 0 aromatic heterocycles. The van der Waals surface area contributed by atoms with Crippen LogP contribution in [-0.2, 0) is 22.7 Å². The minimum absolute atomic E-state index is 0.172. The van der Waals surface area contributed by atoms with Gasteiger partial charge in [0.05, 0.1) is 4.92 Å². The number of non-ortho nitro benzene ring substituents is 1. The molecule has 0 unspecified atom stereocenters. The number of carbonyl (C=O) groups is 2. The van der Waals surface area contributed by atoms with Crippen LogP contribution < -0.4 is 0 Å². The van der Waals surface area contributed by atoms with Crippen LogP contribution in [0.4, 0.5) is 5.69 Å². The van der Waals surface area contributed by atoms with Crippen LogP contribution >= 0.6 is 0 Å². The van der Waals surface area contributed by atoms with Gasteiger partial charge >= 0.3 is 11.9 Å². The van der Waals surface area contributed by atoms with Gasteiger partial charge in [0.2, 0.25) is 0 Å². The number of benzene rings is 2. The lowest BCUT2D eigenvalue weighted by atomic mass is 10.1. The maximum Gasteiger partial charge on any atom is 0.414 e. The van der Waals surface area contributed by atoms with Gasteiger partial charge in [0, 0.05) is 51.4 Å². The molecule has 2 aromatic carbocycles. The van der Waals surface area contributed by atoms with Crippen molar-refractivity contribution >= 4 is 17.6 Å². The number of carboxylic acids is 2. The Morgan fingerprint density at radius 2 is 1.37 bits per heavy atom. The lowest BCUT2D eigenvalue weighted by Gasteiger charge is -2.34. The van der Waals surface area contributed by atoms with E-state index in [-0.39, 0.29) is 10.6 Å². The Kier molecular flexibility index (Phi) is 8.45. The Morgan fingerprint density at radius 1 is 0.900 bits per heavy atom. The number of nitrogens with zero attached hydrogens (tertiary/aromatic N) is 3. The van der Waals surface area contributed by atoms with Crippen LogP contribution in [-0.4, -0.2) is 63.1 Å². The Hall–Kier alpha value is -3.30. The van der Waals surface area contributed by atoms with E-state index in [9.17, 15) is 10.1 Å². The Balaban J connectivity index is 0.000000469. The molecule has 0 saturated carbocycles. The lowest BCUT2D eigenvalue weighted by Crippen LogP contribution is -2.45. The highest BCUT2D eigenvalue weighted by Crippen LogP contribution is 2.16. The van der Waals surface area contributed by atoms with E-state index in [1.165, 1.54) is 11.1 Å². The molecule has 1 aliphatic rings. The SMILES string of the molecule is Cc1cccc(CN2CCN(Cc3cccc([N+](=O)[O-])c3)CC2)c1.O=C(O)C(=O)O. The minimum atomic E-state index is -1.82. The summed E-state index contributed by atoms with van der Waals surface area (Å²) in [4.78, 5) is 33.6. The van der Waals surface area contributed by atoms with Gasteiger partial charge in [-0.15, -0.1) is 0 Å². The first-order valence-corrected chi connectivity index (χ1v) is 9.44. The van der Waals surface area contributed by atoms with Crippen molar-refractivity contribution in [1.82, 2.24) is 9.80 Å². The molecule has 0 radical (unpaired) electrons. The van der Waals surface area contributed by atoms with Gasteiger partial charge in [-0.2, -0.15) is 0 Å². The average Bonchev–Trinajstić information content (AvgIpc) is 2.70. The predicted octanol–water partition coefficient (Wildman–Crippen LogP) is 2.38. The molecule has 1 heterocycles. The molecule has 0 amide bonds. The van der Waals surface area contributed by atoms with E-state index in [4.69, 9.17) is 19.8 Å². The molecular formula is C21H25N3O6. The first-order valence-electron chi connectivity index (χ1n) is 9.44. The topological polar surface area (TPSA) is 124 Å². The van der Waals surface area contributed by atoms with E-state index in [0.717, 1.165) is 44.8 Å². The van der Waals surface area contributed by atoms with Crippen molar-refractivity contribution in [2.24, 2.45) is 0 Å². The highest BCUT2D eigenvalue weighted by Gasteiger charge is 2.18. The summed E-state index contributed by atoms with van der Waals surface area (Å²) in [5.74, 6) is -3.65. The van der Waals surface area contributed by atoms with Crippen LogP contribution in [0, 0.1) is 17.0 Å². The number of hydrogen-bond acceptors (Lipinski definition) is 6. The number of piperazine rings is 1. The molecule has 3 rings (SSSR count). The van der Waals surface area contributed by atoms with Crippen LogP contribution in [0.5, 0.6) is 0 Å². The second kappa shape index (κ2) is 11.0. The highest BCUT2D eigenvalue weighted by molar-refractivity contribution is 6.27. The number of nitro groups is 1. The fourth-order valence-corrected chi connectivity index (χ4v) is 3.20. The van der Waals surface area contributed by atoms with Gasteiger partial charge in [-0.25, -0.2) is 9.59 Å². The third-order valence-corrected chi connectivity index (χ3v) is 4.66. The van der Waals surface area contributed by atoms with E-state index in [1.807, 2.05) is 6.07 Å². The summed E-state index contributed by atoms with van der Waals surface area (Å²) < 4.78 is 0. The maximum absolute atomic E-state index is 10.9. The third-order valence-electron chi connectivity index (χ3n) is 4.66. The maximum atomic E-state index is 10.9. The van der Waals surface area contributed by atoms with Crippen molar-refractivity contribution in [3.8, 4) is 0 Å². The third kappa shape index (κ3) is 7.61. The monoisotopic (exact) mass is 415 g/mol. The largest absolute Gasteiger partial charge is 0.473 e. The van der Waals surface area contributed by atoms with Crippen molar-refractivity contribution in [1.29, 1.82) is 0 Å². The fourth-order valence-electron chi connectivity index (χ4n) is 3.20. The molecule has 0 spiro atoms. The first-order chi connectivity index (χ1) is 14.2. The highest BCUT2D eigenvalue weighted by atomic mass is 16.6. The van der Waals surface area contributed by atoms with Crippen LogP contribution in [0.25, 0.3) is 0 Å². The summed E-state index contributed by atoms with van der Waals surface area (Å²) in [6.45, 7) is 7.95. The quantitative estimate of drug-likeness (QED) is 0.433. The number of nitro benzene ring substituents is 1. The molecule has 0 atom stereocenters. The van der Waals surface area contributed by atoms with Gasteiger partial charge in [-0.3, -0.25) is 19.9 Å². The summed E-state index contributed by atoms with van der Waals surface area (Å²) in [6.07, 6.45) is 0. The second-order valence-corrected chi connectivity index (χ2v) is 7.08. The van der Waals surface area contributed by atoms with Crippen molar-refractivity contribution in [3.63, 3.8) is 0 Å². The summed E-state index contributed by atoms with van der Waals surface area (Å²) in [6, 6.07) is 15.6. The lowest BCUT2D eigenvalue weighted by molar-refractivity contribution is -0.384. The van der Waals surface area contributed by atoms with E-state index < -0.39 is 11.9 Å². The van der Waals surface area contributed by atoms with Crippen molar-refractivity contribution in [3.05, 3.63) is 75.3 Å². The number of rotatable bonds is 5. The summed E-state index contributed by atoms with van der Waals surface area (Å²) in [5, 5.41) is 25.7. The van der Waals surface area contributed by atoms with Crippen LogP contribution in [0.3, 0.4) is 0 Å². The number of aryl methyl sites for hydroxylation is 1. The molecule has 1 aliphatic heterocycles. The van der Waals surface area contributed by atoms with Crippen LogP contribution in [0.2, 0.25) is 0 Å². The molecule has 9 heteroatoms. The molecule has 160 valence electrons. The Bertz CT molecular complexity index is 882. The van der Waals surface area contributed by atoms with Gasteiger partial charge in [-0.1, -0.05) is 42.0 Å². The Labute approximate surface area is 174 Å². The van der Waals surface area contributed by atoms with E-state index in [2.05, 4.69) is 41.0 Å². The zero-order valence-corrected chi connectivity index (χ0v) is 16.7. The van der Waals surface area contributed by atoms with Gasteiger partial charge in [0.25, 0.3) is 5.69 Å². The number of hydrogen-bond donors (Lipinski definition) is 2. The van der Waals surface area contributed by atoms with E-state index in [0.29, 0.717) is 0 Å². The molecule has 1 saturated heterocycles. The average molecular weight is 415 g/mol. The smallest absolute Gasteiger partial charge is 0.414 e. The normalized spacial score (nSPS) is 14.4. The van der Waals surface area contributed by atoms with Crippen LogP contribution in [0.15, 0.2) is 48.5 Å².